The molecule has 5 heteroatoms. The highest BCUT2D eigenvalue weighted by atomic mass is 16.5. The molecule has 88 valence electrons. The van der Waals surface area contributed by atoms with Gasteiger partial charge < -0.3 is 15.0 Å². The molecule has 1 aromatic rings. The van der Waals surface area contributed by atoms with Crippen LogP contribution in [0.1, 0.15) is 36.3 Å². The van der Waals surface area contributed by atoms with Crippen molar-refractivity contribution in [3.63, 3.8) is 0 Å². The molecule has 16 heavy (non-hydrogen) atoms. The van der Waals surface area contributed by atoms with Crippen molar-refractivity contribution in [3.8, 4) is 0 Å². The minimum absolute atomic E-state index is 0.135. The summed E-state index contributed by atoms with van der Waals surface area (Å²) in [5.41, 5.74) is 1.55. The Morgan fingerprint density at radius 2 is 2.12 bits per heavy atom. The minimum Gasteiger partial charge on any atom is -0.462 e. The Hall–Kier alpha value is -1.78. The van der Waals surface area contributed by atoms with Gasteiger partial charge >= 0.3 is 5.97 Å². The van der Waals surface area contributed by atoms with Crippen molar-refractivity contribution in [2.24, 2.45) is 0 Å². The fourth-order valence-electron chi connectivity index (χ4n) is 1.33. The number of ether oxygens (including phenoxy) is 1. The van der Waals surface area contributed by atoms with Crippen LogP contribution in [0.2, 0.25) is 0 Å². The lowest BCUT2D eigenvalue weighted by molar-refractivity contribution is -0.115. The first kappa shape index (κ1) is 12.3. The molecule has 0 aliphatic carbocycles. The summed E-state index contributed by atoms with van der Waals surface area (Å²) in [7, 11) is 0. The highest BCUT2D eigenvalue weighted by Crippen LogP contribution is 2.20. The van der Waals surface area contributed by atoms with Gasteiger partial charge in [-0.15, -0.1) is 0 Å². The van der Waals surface area contributed by atoms with E-state index < -0.39 is 5.97 Å². The number of hydrogen-bond donors (Lipinski definition) is 2. The smallest absolute Gasteiger partial charge is 0.342 e. The molecule has 0 bridgehead atoms. The molecule has 0 aromatic carbocycles. The average molecular weight is 224 g/mol. The predicted molar refractivity (Wildman–Crippen MR) is 60.4 cm³/mol. The van der Waals surface area contributed by atoms with Crippen LogP contribution in [0.5, 0.6) is 0 Å². The third-order valence-electron chi connectivity index (χ3n) is 2.15. The summed E-state index contributed by atoms with van der Waals surface area (Å²) in [6.45, 7) is 5.56. The van der Waals surface area contributed by atoms with Gasteiger partial charge in [-0.3, -0.25) is 4.79 Å². The Morgan fingerprint density at radius 1 is 1.44 bits per heavy atom. The van der Waals surface area contributed by atoms with Crippen molar-refractivity contribution in [2.75, 3.05) is 11.9 Å². The molecular formula is C11H16N2O3. The number of esters is 1. The number of aromatic nitrogens is 1. The SMILES string of the molecule is CCOC(=O)c1c(NC(=O)CC)c[nH]c1C. The Labute approximate surface area is 94.2 Å². The van der Waals surface area contributed by atoms with Crippen molar-refractivity contribution in [1.29, 1.82) is 0 Å². The predicted octanol–water partition coefficient (Wildman–Crippen LogP) is 1.85. The normalized spacial score (nSPS) is 9.94. The maximum atomic E-state index is 11.6. The average Bonchev–Trinajstić information content (AvgIpc) is 2.60. The molecule has 0 aliphatic heterocycles. The molecule has 1 rings (SSSR count). The molecule has 0 saturated heterocycles. The first-order valence-electron chi connectivity index (χ1n) is 5.25. The molecule has 1 amide bonds. The van der Waals surface area contributed by atoms with Gasteiger partial charge in [-0.2, -0.15) is 0 Å². The summed E-state index contributed by atoms with van der Waals surface area (Å²) in [6, 6.07) is 0. The number of carbonyl (C=O) groups is 2. The van der Waals surface area contributed by atoms with Crippen molar-refractivity contribution in [3.05, 3.63) is 17.5 Å². The zero-order chi connectivity index (χ0) is 12.1. The maximum absolute atomic E-state index is 11.6. The second-order valence-electron chi connectivity index (χ2n) is 3.32. The first-order valence-corrected chi connectivity index (χ1v) is 5.25. The lowest BCUT2D eigenvalue weighted by Gasteiger charge is -2.05. The van der Waals surface area contributed by atoms with Crippen molar-refractivity contribution in [2.45, 2.75) is 27.2 Å². The molecule has 5 nitrogen and oxygen atoms in total. The minimum atomic E-state index is -0.423. The van der Waals surface area contributed by atoms with E-state index in [1.807, 2.05) is 0 Å². The van der Waals surface area contributed by atoms with Crippen molar-refractivity contribution >= 4 is 17.6 Å². The molecule has 0 fully saturated rings. The third-order valence-corrected chi connectivity index (χ3v) is 2.15. The summed E-state index contributed by atoms with van der Waals surface area (Å²) in [6.07, 6.45) is 1.96. The zero-order valence-electron chi connectivity index (χ0n) is 9.72. The Bertz CT molecular complexity index is 396. The van der Waals surface area contributed by atoms with E-state index in [-0.39, 0.29) is 5.91 Å². The molecule has 1 heterocycles. The van der Waals surface area contributed by atoms with Crippen LogP contribution in [-0.2, 0) is 9.53 Å². The van der Waals surface area contributed by atoms with Crippen molar-refractivity contribution < 1.29 is 14.3 Å². The highest BCUT2D eigenvalue weighted by molar-refractivity contribution is 6.02. The lowest BCUT2D eigenvalue weighted by Crippen LogP contribution is -2.13. The molecule has 0 unspecified atom stereocenters. The molecule has 0 radical (unpaired) electrons. The monoisotopic (exact) mass is 224 g/mol. The summed E-state index contributed by atoms with van der Waals surface area (Å²) >= 11 is 0. The largest absolute Gasteiger partial charge is 0.462 e. The summed E-state index contributed by atoms with van der Waals surface area (Å²) in [4.78, 5) is 25.8. The van der Waals surface area contributed by atoms with Gasteiger partial charge in [0.15, 0.2) is 0 Å². The quantitative estimate of drug-likeness (QED) is 0.767. The number of aromatic amines is 1. The van der Waals surface area contributed by atoms with E-state index in [0.29, 0.717) is 30.0 Å². The number of rotatable bonds is 4. The van der Waals surface area contributed by atoms with Gasteiger partial charge in [-0.25, -0.2) is 4.79 Å². The van der Waals surface area contributed by atoms with E-state index in [1.54, 1.807) is 27.0 Å². The van der Waals surface area contributed by atoms with Gasteiger partial charge in [-0.05, 0) is 13.8 Å². The Balaban J connectivity index is 2.93. The molecular weight excluding hydrogens is 208 g/mol. The number of anilines is 1. The molecule has 1 aromatic heterocycles. The Kier molecular flexibility index (Phi) is 4.10. The zero-order valence-corrected chi connectivity index (χ0v) is 9.72. The summed E-state index contributed by atoms with van der Waals surface area (Å²) in [5, 5.41) is 2.65. The van der Waals surface area contributed by atoms with E-state index in [0.717, 1.165) is 0 Å². The van der Waals surface area contributed by atoms with Gasteiger partial charge in [0.1, 0.15) is 5.56 Å². The van der Waals surface area contributed by atoms with Crippen LogP contribution in [0.3, 0.4) is 0 Å². The van der Waals surface area contributed by atoms with Gasteiger partial charge in [0.05, 0.1) is 12.3 Å². The fourth-order valence-corrected chi connectivity index (χ4v) is 1.33. The molecule has 0 spiro atoms. The van der Waals surface area contributed by atoms with Crippen LogP contribution in [0.4, 0.5) is 5.69 Å². The van der Waals surface area contributed by atoms with Crippen LogP contribution in [0.25, 0.3) is 0 Å². The van der Waals surface area contributed by atoms with E-state index in [2.05, 4.69) is 10.3 Å². The number of nitrogens with one attached hydrogen (secondary N) is 2. The van der Waals surface area contributed by atoms with Crippen LogP contribution < -0.4 is 5.32 Å². The number of hydrogen-bond acceptors (Lipinski definition) is 3. The maximum Gasteiger partial charge on any atom is 0.342 e. The topological polar surface area (TPSA) is 71.2 Å². The number of aryl methyl sites for hydroxylation is 1. The number of amides is 1. The standard InChI is InChI=1S/C11H16N2O3/c1-4-9(14)13-8-6-12-7(3)10(8)11(15)16-5-2/h6,12H,4-5H2,1-3H3,(H,13,14). The van der Waals surface area contributed by atoms with E-state index >= 15 is 0 Å². The van der Waals surface area contributed by atoms with E-state index in [9.17, 15) is 9.59 Å². The lowest BCUT2D eigenvalue weighted by atomic mass is 10.2. The second kappa shape index (κ2) is 5.34. The molecule has 0 atom stereocenters. The van der Waals surface area contributed by atoms with Crippen LogP contribution >= 0.6 is 0 Å². The van der Waals surface area contributed by atoms with E-state index in [4.69, 9.17) is 4.74 Å². The van der Waals surface area contributed by atoms with E-state index in [1.165, 1.54) is 0 Å². The molecule has 0 saturated carbocycles. The first-order chi connectivity index (χ1) is 7.60. The molecule has 0 aliphatic rings. The second-order valence-corrected chi connectivity index (χ2v) is 3.32. The molecule has 2 N–H and O–H groups in total. The number of H-pyrrole nitrogens is 1. The third kappa shape index (κ3) is 2.62. The highest BCUT2D eigenvalue weighted by Gasteiger charge is 2.18. The van der Waals surface area contributed by atoms with Crippen molar-refractivity contribution in [1.82, 2.24) is 4.98 Å². The van der Waals surface area contributed by atoms with Crippen LogP contribution in [-0.4, -0.2) is 23.5 Å². The Morgan fingerprint density at radius 3 is 2.69 bits per heavy atom. The van der Waals surface area contributed by atoms with Crippen LogP contribution in [0, 0.1) is 6.92 Å². The fraction of sp³-hybridized carbons (Fsp3) is 0.455. The van der Waals surface area contributed by atoms with Gasteiger partial charge in [0, 0.05) is 18.3 Å². The summed E-state index contributed by atoms with van der Waals surface area (Å²) in [5.74, 6) is -0.558. The van der Waals surface area contributed by atoms with Gasteiger partial charge in [-0.1, -0.05) is 6.92 Å². The van der Waals surface area contributed by atoms with Gasteiger partial charge in [0.25, 0.3) is 0 Å². The van der Waals surface area contributed by atoms with Gasteiger partial charge in [0.2, 0.25) is 5.91 Å². The van der Waals surface area contributed by atoms with Crippen LogP contribution in [0.15, 0.2) is 6.20 Å². The number of carbonyl (C=O) groups excluding carboxylic acids is 2. The summed E-state index contributed by atoms with van der Waals surface area (Å²) < 4.78 is 4.91.